The third-order valence-corrected chi connectivity index (χ3v) is 6.16. The van der Waals surface area contributed by atoms with Crippen LogP contribution >= 0.6 is 0 Å². The maximum Gasteiger partial charge on any atom is 0.227 e. The fraction of sp³-hybridized carbons (Fsp3) is 0.179. The number of hydrogen-bond acceptors (Lipinski definition) is 5. The lowest BCUT2D eigenvalue weighted by molar-refractivity contribution is -0.126. The van der Waals surface area contributed by atoms with Crippen molar-refractivity contribution >= 4 is 17.5 Å². The van der Waals surface area contributed by atoms with Crippen LogP contribution in [0.3, 0.4) is 0 Å². The lowest BCUT2D eigenvalue weighted by Gasteiger charge is -2.17. The number of aromatic nitrogens is 1. The number of anilines is 1. The van der Waals surface area contributed by atoms with Crippen molar-refractivity contribution in [3.63, 3.8) is 0 Å². The van der Waals surface area contributed by atoms with Crippen LogP contribution in [0.4, 0.5) is 5.69 Å². The number of benzene rings is 3. The Hall–Kier alpha value is -4.39. The number of hydrogen-bond donors (Lipinski definition) is 1. The molecular formula is C28H25N3O4. The first-order valence-corrected chi connectivity index (χ1v) is 11.4. The number of amides is 2. The molecule has 1 fully saturated rings. The minimum absolute atomic E-state index is 0.0713. The Kier molecular flexibility index (Phi) is 6.30. The number of methoxy groups -OCH3 is 1. The van der Waals surface area contributed by atoms with Gasteiger partial charge < -0.3 is 19.5 Å². The molecule has 1 aromatic heterocycles. The Labute approximate surface area is 203 Å². The Morgan fingerprint density at radius 2 is 1.69 bits per heavy atom. The Bertz CT molecular complexity index is 1310. The first-order valence-electron chi connectivity index (χ1n) is 11.4. The second-order valence-electron chi connectivity index (χ2n) is 8.45. The standard InChI is InChI=1S/C28H25N3O4/c1-34-25-13-11-24(12-14-25)31-18-22(15-27(31)32)28(33)29-17-23-16-26(35-30-23)21-9-7-20(8-10-21)19-5-3-2-4-6-19/h2-14,16,22H,15,17-18H2,1H3,(H,29,33). The number of nitrogens with one attached hydrogen (secondary N) is 1. The summed E-state index contributed by atoms with van der Waals surface area (Å²) in [4.78, 5) is 26.8. The summed E-state index contributed by atoms with van der Waals surface area (Å²) in [6.07, 6.45) is 0.176. The number of nitrogens with zero attached hydrogens (tertiary/aromatic N) is 2. The highest BCUT2D eigenvalue weighted by Gasteiger charge is 2.35. The summed E-state index contributed by atoms with van der Waals surface area (Å²) in [5.41, 5.74) is 4.56. The fourth-order valence-electron chi connectivity index (χ4n) is 4.21. The van der Waals surface area contributed by atoms with Crippen molar-refractivity contribution in [2.75, 3.05) is 18.6 Å². The normalized spacial score (nSPS) is 15.3. The van der Waals surface area contributed by atoms with E-state index in [1.165, 1.54) is 0 Å². The summed E-state index contributed by atoms with van der Waals surface area (Å²) in [5, 5.41) is 6.97. The van der Waals surface area contributed by atoms with E-state index in [0.29, 0.717) is 23.7 Å². The molecule has 0 bridgehead atoms. The van der Waals surface area contributed by atoms with Gasteiger partial charge in [0.1, 0.15) is 11.4 Å². The van der Waals surface area contributed by atoms with Crippen molar-refractivity contribution in [1.82, 2.24) is 10.5 Å². The van der Waals surface area contributed by atoms with Crippen LogP contribution in [0.25, 0.3) is 22.5 Å². The molecule has 1 aliphatic rings. The van der Waals surface area contributed by atoms with E-state index in [-0.39, 0.29) is 24.8 Å². The van der Waals surface area contributed by atoms with Crippen LogP contribution in [0.15, 0.2) is 89.5 Å². The van der Waals surface area contributed by atoms with E-state index in [1.807, 2.05) is 60.7 Å². The Morgan fingerprint density at radius 1 is 1.00 bits per heavy atom. The smallest absolute Gasteiger partial charge is 0.227 e. The van der Waals surface area contributed by atoms with Crippen LogP contribution in [0.2, 0.25) is 0 Å². The summed E-state index contributed by atoms with van der Waals surface area (Å²) >= 11 is 0. The van der Waals surface area contributed by atoms with Crippen molar-refractivity contribution in [2.45, 2.75) is 13.0 Å². The SMILES string of the molecule is COc1ccc(N2CC(C(=O)NCc3cc(-c4ccc(-c5ccccc5)cc4)on3)CC2=O)cc1. The molecule has 0 saturated carbocycles. The topological polar surface area (TPSA) is 84.7 Å². The van der Waals surface area contributed by atoms with E-state index in [2.05, 4.69) is 22.6 Å². The van der Waals surface area contributed by atoms with Gasteiger partial charge in [-0.25, -0.2) is 0 Å². The molecule has 35 heavy (non-hydrogen) atoms. The van der Waals surface area contributed by atoms with E-state index < -0.39 is 5.92 Å². The van der Waals surface area contributed by atoms with Crippen molar-refractivity contribution in [2.24, 2.45) is 5.92 Å². The number of carbonyl (C=O) groups excluding carboxylic acids is 2. The van der Waals surface area contributed by atoms with Gasteiger partial charge in [-0.15, -0.1) is 0 Å². The molecule has 176 valence electrons. The van der Waals surface area contributed by atoms with Gasteiger partial charge in [0.15, 0.2) is 5.76 Å². The van der Waals surface area contributed by atoms with Crippen LogP contribution in [0, 0.1) is 5.92 Å². The van der Waals surface area contributed by atoms with Gasteiger partial charge in [0.25, 0.3) is 0 Å². The summed E-state index contributed by atoms with van der Waals surface area (Å²) in [7, 11) is 1.59. The third-order valence-electron chi connectivity index (χ3n) is 6.16. The van der Waals surface area contributed by atoms with Gasteiger partial charge in [-0.05, 0) is 35.4 Å². The van der Waals surface area contributed by atoms with E-state index in [1.54, 1.807) is 24.1 Å². The molecule has 1 saturated heterocycles. The minimum atomic E-state index is -0.415. The summed E-state index contributed by atoms with van der Waals surface area (Å²) in [6.45, 7) is 0.576. The lowest BCUT2D eigenvalue weighted by atomic mass is 10.0. The van der Waals surface area contributed by atoms with Gasteiger partial charge in [0, 0.05) is 30.3 Å². The zero-order valence-corrected chi connectivity index (χ0v) is 19.3. The molecule has 0 spiro atoms. The molecule has 1 unspecified atom stereocenters. The number of rotatable bonds is 7. The number of ether oxygens (including phenoxy) is 1. The van der Waals surface area contributed by atoms with E-state index in [4.69, 9.17) is 9.26 Å². The molecular weight excluding hydrogens is 442 g/mol. The van der Waals surface area contributed by atoms with Gasteiger partial charge in [-0.3, -0.25) is 9.59 Å². The Balaban J connectivity index is 1.17. The molecule has 0 aliphatic carbocycles. The van der Waals surface area contributed by atoms with Crippen molar-refractivity contribution in [1.29, 1.82) is 0 Å². The first-order chi connectivity index (χ1) is 17.1. The van der Waals surface area contributed by atoms with Gasteiger partial charge >= 0.3 is 0 Å². The largest absolute Gasteiger partial charge is 0.497 e. The predicted molar refractivity (Wildman–Crippen MR) is 133 cm³/mol. The zero-order chi connectivity index (χ0) is 24.2. The minimum Gasteiger partial charge on any atom is -0.497 e. The quantitative estimate of drug-likeness (QED) is 0.426. The average molecular weight is 468 g/mol. The first kappa shape index (κ1) is 22.4. The molecule has 1 atom stereocenters. The van der Waals surface area contributed by atoms with Gasteiger partial charge in [-0.2, -0.15) is 0 Å². The van der Waals surface area contributed by atoms with Crippen LogP contribution in [-0.4, -0.2) is 30.6 Å². The molecule has 4 aromatic rings. The lowest BCUT2D eigenvalue weighted by Crippen LogP contribution is -2.32. The molecule has 1 aliphatic heterocycles. The van der Waals surface area contributed by atoms with Crippen molar-refractivity contribution in [3.05, 3.63) is 90.6 Å². The van der Waals surface area contributed by atoms with E-state index in [9.17, 15) is 9.59 Å². The summed E-state index contributed by atoms with van der Waals surface area (Å²) in [5.74, 6) is 0.690. The molecule has 0 radical (unpaired) electrons. The monoisotopic (exact) mass is 467 g/mol. The van der Waals surface area contributed by atoms with Crippen LogP contribution in [0.5, 0.6) is 5.75 Å². The number of carbonyl (C=O) groups is 2. The third kappa shape index (κ3) is 4.94. The van der Waals surface area contributed by atoms with Crippen molar-refractivity contribution in [3.8, 4) is 28.2 Å². The van der Waals surface area contributed by atoms with Crippen LogP contribution < -0.4 is 15.0 Å². The maximum absolute atomic E-state index is 12.7. The molecule has 2 heterocycles. The fourth-order valence-corrected chi connectivity index (χ4v) is 4.21. The van der Waals surface area contributed by atoms with Gasteiger partial charge in [0.2, 0.25) is 11.8 Å². The van der Waals surface area contributed by atoms with E-state index >= 15 is 0 Å². The van der Waals surface area contributed by atoms with Crippen LogP contribution in [-0.2, 0) is 16.1 Å². The summed E-state index contributed by atoms with van der Waals surface area (Å²) in [6, 6.07) is 27.3. The molecule has 7 heteroatoms. The van der Waals surface area contributed by atoms with E-state index in [0.717, 1.165) is 22.4 Å². The molecule has 3 aromatic carbocycles. The maximum atomic E-state index is 12.7. The summed E-state index contributed by atoms with van der Waals surface area (Å²) < 4.78 is 10.7. The predicted octanol–water partition coefficient (Wildman–Crippen LogP) is 4.69. The molecule has 1 N–H and O–H groups in total. The molecule has 2 amide bonds. The second kappa shape index (κ2) is 9.85. The Morgan fingerprint density at radius 3 is 2.40 bits per heavy atom. The average Bonchev–Trinajstić information content (AvgIpc) is 3.55. The van der Waals surface area contributed by atoms with Gasteiger partial charge in [0.05, 0.1) is 19.6 Å². The molecule has 7 nitrogen and oxygen atoms in total. The van der Waals surface area contributed by atoms with Crippen molar-refractivity contribution < 1.29 is 18.8 Å². The van der Waals surface area contributed by atoms with Crippen LogP contribution in [0.1, 0.15) is 12.1 Å². The second-order valence-corrected chi connectivity index (χ2v) is 8.45. The highest BCUT2D eigenvalue weighted by Crippen LogP contribution is 2.28. The highest BCUT2D eigenvalue weighted by molar-refractivity contribution is 6.00. The molecule has 5 rings (SSSR count). The van der Waals surface area contributed by atoms with Gasteiger partial charge in [-0.1, -0.05) is 59.8 Å². The zero-order valence-electron chi connectivity index (χ0n) is 19.3. The highest BCUT2D eigenvalue weighted by atomic mass is 16.5.